The first kappa shape index (κ1) is 17.7. The predicted octanol–water partition coefficient (Wildman–Crippen LogP) is 5.71. The summed E-state index contributed by atoms with van der Waals surface area (Å²) in [7, 11) is 1.95. The molecule has 0 aliphatic heterocycles. The van der Waals surface area contributed by atoms with Crippen LogP contribution in [0.5, 0.6) is 0 Å². The molecule has 1 aromatic rings. The molecule has 4 aliphatic rings. The van der Waals surface area contributed by atoms with Crippen molar-refractivity contribution in [2.45, 2.75) is 58.8 Å². The molecule has 0 aromatic carbocycles. The van der Waals surface area contributed by atoms with E-state index in [0.717, 1.165) is 42.1 Å². The van der Waals surface area contributed by atoms with Crippen molar-refractivity contribution in [3.8, 4) is 0 Å². The van der Waals surface area contributed by atoms with Crippen molar-refractivity contribution in [1.29, 1.82) is 0 Å². The highest BCUT2D eigenvalue weighted by Crippen LogP contribution is 2.66. The van der Waals surface area contributed by atoms with Gasteiger partial charge in [-0.1, -0.05) is 31.6 Å². The van der Waals surface area contributed by atoms with Crippen LogP contribution < -0.4 is 5.32 Å². The average molecular weight is 383 g/mol. The Morgan fingerprint density at radius 2 is 2.00 bits per heavy atom. The van der Waals surface area contributed by atoms with Gasteiger partial charge in [0.25, 0.3) is 0 Å². The fourth-order valence-corrected chi connectivity index (χ4v) is 7.63. The van der Waals surface area contributed by atoms with Gasteiger partial charge in [0.05, 0.1) is 5.69 Å². The van der Waals surface area contributed by atoms with Gasteiger partial charge in [0.2, 0.25) is 0 Å². The van der Waals surface area contributed by atoms with Crippen LogP contribution in [0.3, 0.4) is 0 Å². The van der Waals surface area contributed by atoms with E-state index in [9.17, 15) is 4.79 Å². The molecule has 1 aromatic heterocycles. The summed E-state index contributed by atoms with van der Waals surface area (Å²) >= 11 is 1.71. The minimum absolute atomic E-state index is 0.256. The highest BCUT2D eigenvalue weighted by molar-refractivity contribution is 7.13. The van der Waals surface area contributed by atoms with Crippen molar-refractivity contribution in [3.05, 3.63) is 28.8 Å². The second-order valence-corrected chi connectivity index (χ2v) is 10.4. The Labute approximate surface area is 166 Å². The lowest BCUT2D eigenvalue weighted by Crippen LogP contribution is -2.49. The summed E-state index contributed by atoms with van der Waals surface area (Å²) < 4.78 is 0. The van der Waals surface area contributed by atoms with E-state index < -0.39 is 0 Å². The molecule has 0 radical (unpaired) electrons. The van der Waals surface area contributed by atoms with Crippen molar-refractivity contribution < 1.29 is 4.79 Å². The minimum Gasteiger partial charge on any atom is -0.365 e. The fraction of sp³-hybridized carbons (Fsp3) is 0.652. The summed E-state index contributed by atoms with van der Waals surface area (Å²) in [5.74, 6) is 2.67. The molecule has 1 N–H and O–H groups in total. The third kappa shape index (κ3) is 2.45. The summed E-state index contributed by atoms with van der Waals surface area (Å²) in [4.78, 5) is 16.8. The number of allylic oxidation sites excluding steroid dienone is 4. The molecule has 27 heavy (non-hydrogen) atoms. The normalized spacial score (nSPS) is 40.6. The number of nitrogens with zero attached hydrogens (tertiary/aromatic N) is 1. The first-order chi connectivity index (χ1) is 13.0. The Bertz CT molecular complexity index is 852. The molecule has 0 bridgehead atoms. The van der Waals surface area contributed by atoms with Crippen LogP contribution in [0.15, 0.2) is 23.1 Å². The zero-order valence-electron chi connectivity index (χ0n) is 16.7. The fourth-order valence-electron chi connectivity index (χ4n) is 6.95. The predicted molar refractivity (Wildman–Crippen MR) is 112 cm³/mol. The van der Waals surface area contributed by atoms with E-state index in [2.05, 4.69) is 36.7 Å². The molecule has 4 heteroatoms. The maximum atomic E-state index is 12.0. The van der Waals surface area contributed by atoms with Gasteiger partial charge in [0.1, 0.15) is 5.78 Å². The van der Waals surface area contributed by atoms with Crippen molar-refractivity contribution in [1.82, 2.24) is 4.98 Å². The molecule has 144 valence electrons. The first-order valence-electron chi connectivity index (χ1n) is 10.5. The molecule has 2 saturated carbocycles. The van der Waals surface area contributed by atoms with E-state index >= 15 is 0 Å². The molecule has 0 spiro atoms. The number of Topliss-reactive ketones (excluding diaryl/α,β-unsaturated/α-hetero) is 1. The third-order valence-electron chi connectivity index (χ3n) is 8.51. The van der Waals surface area contributed by atoms with E-state index in [4.69, 9.17) is 4.98 Å². The first-order valence-corrected chi connectivity index (χ1v) is 11.4. The van der Waals surface area contributed by atoms with Crippen LogP contribution >= 0.6 is 11.3 Å². The molecule has 4 aliphatic carbocycles. The summed E-state index contributed by atoms with van der Waals surface area (Å²) in [6.07, 6.45) is 12.4. The zero-order valence-corrected chi connectivity index (χ0v) is 17.5. The van der Waals surface area contributed by atoms with E-state index in [0.29, 0.717) is 5.78 Å². The number of aromatic nitrogens is 1. The quantitative estimate of drug-likeness (QED) is 0.666. The van der Waals surface area contributed by atoms with Gasteiger partial charge in [0.15, 0.2) is 5.13 Å². The van der Waals surface area contributed by atoms with E-state index in [1.54, 1.807) is 11.3 Å². The molecule has 5 atom stereocenters. The van der Waals surface area contributed by atoms with Crippen molar-refractivity contribution in [2.24, 2.45) is 28.6 Å². The number of hydrogen-bond donors (Lipinski definition) is 1. The van der Waals surface area contributed by atoms with Gasteiger partial charge in [-0.3, -0.25) is 4.79 Å². The van der Waals surface area contributed by atoms with E-state index in [1.165, 1.54) is 42.5 Å². The van der Waals surface area contributed by atoms with Gasteiger partial charge >= 0.3 is 0 Å². The van der Waals surface area contributed by atoms with E-state index in [1.807, 2.05) is 7.05 Å². The number of carbonyl (C=O) groups excluding carboxylic acids is 1. The van der Waals surface area contributed by atoms with Gasteiger partial charge in [-0.05, 0) is 66.3 Å². The molecular weight excluding hydrogens is 352 g/mol. The third-order valence-corrected chi connectivity index (χ3v) is 9.37. The van der Waals surface area contributed by atoms with Crippen LogP contribution in [0, 0.1) is 28.6 Å². The molecule has 5 rings (SSSR count). The lowest BCUT2D eigenvalue weighted by molar-refractivity contribution is -0.122. The van der Waals surface area contributed by atoms with Gasteiger partial charge in [0, 0.05) is 25.3 Å². The number of anilines is 1. The number of ketones is 1. The van der Waals surface area contributed by atoms with Crippen LogP contribution in [0.25, 0.3) is 5.57 Å². The van der Waals surface area contributed by atoms with Gasteiger partial charge in [-0.15, -0.1) is 11.3 Å². The van der Waals surface area contributed by atoms with E-state index in [-0.39, 0.29) is 10.8 Å². The lowest BCUT2D eigenvalue weighted by atomic mass is 9.47. The highest BCUT2D eigenvalue weighted by atomic mass is 32.1. The Kier molecular flexibility index (Phi) is 3.95. The number of rotatable bonds is 2. The Hall–Kier alpha value is -1.42. The Balaban J connectivity index is 1.46. The van der Waals surface area contributed by atoms with Crippen LogP contribution in [0.1, 0.15) is 64.5 Å². The number of carbonyl (C=O) groups is 1. The van der Waals surface area contributed by atoms with Gasteiger partial charge < -0.3 is 5.32 Å². The molecule has 0 unspecified atom stereocenters. The van der Waals surface area contributed by atoms with Crippen LogP contribution in [-0.4, -0.2) is 17.8 Å². The van der Waals surface area contributed by atoms with Gasteiger partial charge in [-0.2, -0.15) is 0 Å². The van der Waals surface area contributed by atoms with Gasteiger partial charge in [-0.25, -0.2) is 4.98 Å². The monoisotopic (exact) mass is 382 g/mol. The summed E-state index contributed by atoms with van der Waals surface area (Å²) in [6, 6.07) is 0. The molecule has 0 saturated heterocycles. The smallest absolute Gasteiger partial charge is 0.182 e. The Morgan fingerprint density at radius 1 is 1.15 bits per heavy atom. The van der Waals surface area contributed by atoms with Crippen molar-refractivity contribution in [3.63, 3.8) is 0 Å². The van der Waals surface area contributed by atoms with Crippen molar-refractivity contribution in [2.75, 3.05) is 12.4 Å². The Morgan fingerprint density at radius 3 is 2.78 bits per heavy atom. The zero-order chi connectivity index (χ0) is 18.8. The number of fused-ring (bicyclic) bond motifs is 5. The summed E-state index contributed by atoms with van der Waals surface area (Å²) in [5.41, 5.74) is 4.66. The van der Waals surface area contributed by atoms with Crippen LogP contribution in [-0.2, 0) is 4.79 Å². The topological polar surface area (TPSA) is 42.0 Å². The maximum absolute atomic E-state index is 12.0. The standard InChI is InChI=1S/C23H30N2OS/c1-22-10-8-15(26)12-14(22)4-5-16-17-6-7-19(20-13-27-21(24-3)25-20)23(17,2)11-9-18(16)22/h4,7,13,16-18H,5-6,8-12H2,1-3H3,(H,24,25)/t16-,17-,18-,22-,23-/m0/s1. The average Bonchev–Trinajstić information content (AvgIpc) is 3.25. The molecule has 3 nitrogen and oxygen atoms in total. The summed E-state index contributed by atoms with van der Waals surface area (Å²) in [6.45, 7) is 4.96. The molecule has 2 fully saturated rings. The molecular formula is C23H30N2OS. The SMILES string of the molecule is CNc1nc(C2=CC[C@H]3[C@@H]4CC=C5CC(=O)CC[C@]5(C)[C@H]4CC[C@]23C)cs1. The molecule has 1 heterocycles. The maximum Gasteiger partial charge on any atom is 0.182 e. The second-order valence-electron chi connectivity index (χ2n) is 9.57. The van der Waals surface area contributed by atoms with Crippen LogP contribution in [0.4, 0.5) is 5.13 Å². The number of nitrogens with one attached hydrogen (secondary N) is 1. The lowest BCUT2D eigenvalue weighted by Gasteiger charge is -2.57. The minimum atomic E-state index is 0.256. The highest BCUT2D eigenvalue weighted by Gasteiger charge is 2.57. The largest absolute Gasteiger partial charge is 0.365 e. The summed E-state index contributed by atoms with van der Waals surface area (Å²) in [5, 5.41) is 6.42. The number of hydrogen-bond acceptors (Lipinski definition) is 4. The second kappa shape index (κ2) is 6.04. The van der Waals surface area contributed by atoms with Crippen LogP contribution in [0.2, 0.25) is 0 Å². The van der Waals surface area contributed by atoms with Crippen molar-refractivity contribution >= 4 is 27.8 Å². The molecule has 0 amide bonds. The number of thiazole rings is 1.